The van der Waals surface area contributed by atoms with E-state index in [9.17, 15) is 0 Å². The van der Waals surface area contributed by atoms with Gasteiger partial charge in [-0.25, -0.2) is 0 Å². The highest BCUT2D eigenvalue weighted by Crippen LogP contribution is 1.60. The minimum absolute atomic E-state index is 0.389. The first-order chi connectivity index (χ1) is 3.41. The second-order valence-corrected chi connectivity index (χ2v) is 0.695. The lowest BCUT2D eigenvalue weighted by Crippen LogP contribution is -1.87. The largest absolute Gasteiger partial charge is 0.359 e. The molecule has 2 nitrogen and oxygen atoms in total. The van der Waals surface area contributed by atoms with Crippen molar-refractivity contribution in [2.45, 2.75) is 13.8 Å². The van der Waals surface area contributed by atoms with Crippen molar-refractivity contribution in [3.63, 3.8) is 0 Å². The van der Waals surface area contributed by atoms with E-state index in [-0.39, 0.29) is 0 Å². The van der Waals surface area contributed by atoms with Gasteiger partial charge in [-0.3, -0.25) is 0 Å². The van der Waals surface area contributed by atoms with Gasteiger partial charge in [0.2, 0.25) is 0 Å². The van der Waals surface area contributed by atoms with Crippen molar-refractivity contribution < 1.29 is 9.47 Å². The highest BCUT2D eigenvalue weighted by atomic mass is 16.6. The van der Waals surface area contributed by atoms with Crippen molar-refractivity contribution in [3.8, 4) is 0 Å². The molecule has 0 unspecified atom stereocenters. The van der Waals surface area contributed by atoms with Crippen LogP contribution in [-0.2, 0) is 9.47 Å². The lowest BCUT2D eigenvalue weighted by molar-refractivity contribution is -0.00271. The molecule has 0 radical (unpaired) electrons. The summed E-state index contributed by atoms with van der Waals surface area (Å²) in [5, 5.41) is 0. The van der Waals surface area contributed by atoms with Crippen LogP contribution in [0, 0.1) is 0 Å². The molecular formula is C5H14O2. The first-order valence-electron chi connectivity index (χ1n) is 2.39. The van der Waals surface area contributed by atoms with Crippen molar-refractivity contribution >= 4 is 0 Å². The fraction of sp³-hybridized carbons (Fsp3) is 1.00. The average molecular weight is 106 g/mol. The number of hydrogen-bond acceptors (Lipinski definition) is 2. The van der Waals surface area contributed by atoms with Crippen LogP contribution in [0.15, 0.2) is 0 Å². The van der Waals surface area contributed by atoms with E-state index in [1.165, 1.54) is 0 Å². The van der Waals surface area contributed by atoms with Gasteiger partial charge in [0.15, 0.2) is 0 Å². The molecule has 0 aromatic carbocycles. The summed E-state index contributed by atoms with van der Waals surface area (Å²) in [6.45, 7) is 4.39. The van der Waals surface area contributed by atoms with Gasteiger partial charge in [-0.2, -0.15) is 0 Å². The van der Waals surface area contributed by atoms with Crippen LogP contribution in [-0.4, -0.2) is 21.0 Å². The van der Waals surface area contributed by atoms with Crippen molar-refractivity contribution in [3.05, 3.63) is 0 Å². The van der Waals surface area contributed by atoms with Crippen molar-refractivity contribution in [1.82, 2.24) is 0 Å². The van der Waals surface area contributed by atoms with Crippen molar-refractivity contribution in [2.75, 3.05) is 21.0 Å². The smallest absolute Gasteiger partial charge is 0.145 e. The summed E-state index contributed by atoms with van der Waals surface area (Å²) in [6.07, 6.45) is 0. The molecule has 0 N–H and O–H groups in total. The van der Waals surface area contributed by atoms with E-state index in [0.29, 0.717) is 6.79 Å². The minimum atomic E-state index is 0.389. The molecule has 0 saturated heterocycles. The summed E-state index contributed by atoms with van der Waals surface area (Å²) in [4.78, 5) is 0. The molecule has 2 heteroatoms. The molecule has 0 bridgehead atoms. The van der Waals surface area contributed by atoms with Crippen LogP contribution in [0.2, 0.25) is 0 Å². The third-order valence-corrected chi connectivity index (χ3v) is 0.236. The Morgan fingerprint density at radius 3 is 1.29 bits per heavy atom. The van der Waals surface area contributed by atoms with E-state index in [4.69, 9.17) is 0 Å². The number of rotatable bonds is 2. The van der Waals surface area contributed by atoms with E-state index < -0.39 is 0 Å². The maximum Gasteiger partial charge on any atom is 0.145 e. The Hall–Kier alpha value is -0.0800. The number of ether oxygens (including phenoxy) is 2. The van der Waals surface area contributed by atoms with E-state index in [0.717, 1.165) is 0 Å². The third kappa shape index (κ3) is 24.7. The number of hydrogen-bond donors (Lipinski definition) is 0. The van der Waals surface area contributed by atoms with Crippen molar-refractivity contribution in [1.29, 1.82) is 0 Å². The zero-order valence-corrected chi connectivity index (χ0v) is 5.52. The Kier molecular flexibility index (Phi) is 24.1. The molecule has 0 atom stereocenters. The van der Waals surface area contributed by atoms with Gasteiger partial charge < -0.3 is 9.47 Å². The number of methoxy groups -OCH3 is 2. The molecule has 0 aliphatic carbocycles. The van der Waals surface area contributed by atoms with Gasteiger partial charge >= 0.3 is 0 Å². The summed E-state index contributed by atoms with van der Waals surface area (Å²) in [7, 11) is 3.17. The van der Waals surface area contributed by atoms with Crippen LogP contribution in [0.25, 0.3) is 0 Å². The lowest BCUT2D eigenvalue weighted by atomic mass is 11.0. The fourth-order valence-electron chi connectivity index (χ4n) is 0.118. The molecule has 0 aliphatic rings. The van der Waals surface area contributed by atoms with Gasteiger partial charge in [0.05, 0.1) is 0 Å². The fourth-order valence-corrected chi connectivity index (χ4v) is 0.118. The normalized spacial score (nSPS) is 6.86. The van der Waals surface area contributed by atoms with Gasteiger partial charge in [0.1, 0.15) is 6.79 Å². The molecular weight excluding hydrogens is 92.1 g/mol. The molecule has 0 amide bonds. The highest BCUT2D eigenvalue weighted by Gasteiger charge is 1.63. The van der Waals surface area contributed by atoms with Gasteiger partial charge in [-0.15, -0.1) is 0 Å². The molecule has 0 aromatic heterocycles. The summed E-state index contributed by atoms with van der Waals surface area (Å²) >= 11 is 0. The topological polar surface area (TPSA) is 18.5 Å². The molecule has 0 fully saturated rings. The summed E-state index contributed by atoms with van der Waals surface area (Å²) in [5.74, 6) is 0. The average Bonchev–Trinajstić information content (AvgIpc) is 1.75. The van der Waals surface area contributed by atoms with Crippen LogP contribution in [0.5, 0.6) is 0 Å². The molecule has 0 heterocycles. The van der Waals surface area contributed by atoms with E-state index in [2.05, 4.69) is 9.47 Å². The summed E-state index contributed by atoms with van der Waals surface area (Å²) < 4.78 is 8.94. The molecule has 0 saturated carbocycles. The third-order valence-electron chi connectivity index (χ3n) is 0.236. The maximum atomic E-state index is 4.47. The standard InChI is InChI=1S/C3H8O2.C2H6/c1-4-3-5-2;1-2/h3H2,1-2H3;1-2H3. The maximum absolute atomic E-state index is 4.47. The monoisotopic (exact) mass is 106 g/mol. The van der Waals surface area contributed by atoms with Crippen molar-refractivity contribution in [2.24, 2.45) is 0 Å². The SMILES string of the molecule is CC.COCOC. The van der Waals surface area contributed by atoms with Crippen LogP contribution < -0.4 is 0 Å². The van der Waals surface area contributed by atoms with Gasteiger partial charge in [-0.05, 0) is 0 Å². The molecule has 0 aromatic rings. The second-order valence-electron chi connectivity index (χ2n) is 0.695. The van der Waals surface area contributed by atoms with E-state index in [1.54, 1.807) is 14.2 Å². The van der Waals surface area contributed by atoms with E-state index in [1.807, 2.05) is 13.8 Å². The Morgan fingerprint density at radius 2 is 1.29 bits per heavy atom. The Labute approximate surface area is 45.4 Å². The Bertz CT molecular complexity index is 13.6. The van der Waals surface area contributed by atoms with Crippen LogP contribution in [0.4, 0.5) is 0 Å². The lowest BCUT2D eigenvalue weighted by Gasteiger charge is -1.87. The predicted octanol–water partition coefficient (Wildman–Crippen LogP) is 1.26. The van der Waals surface area contributed by atoms with Crippen LogP contribution in [0.1, 0.15) is 13.8 Å². The van der Waals surface area contributed by atoms with Gasteiger partial charge in [0, 0.05) is 14.2 Å². The molecule has 0 spiro atoms. The van der Waals surface area contributed by atoms with Gasteiger partial charge in [0.25, 0.3) is 0 Å². The summed E-state index contributed by atoms with van der Waals surface area (Å²) in [5.41, 5.74) is 0. The zero-order chi connectivity index (χ0) is 6.12. The highest BCUT2D eigenvalue weighted by molar-refractivity contribution is 3.84. The predicted molar refractivity (Wildman–Crippen MR) is 30.2 cm³/mol. The molecule has 0 rings (SSSR count). The minimum Gasteiger partial charge on any atom is -0.359 e. The Morgan fingerprint density at radius 1 is 1.00 bits per heavy atom. The molecule has 46 valence electrons. The molecule has 7 heavy (non-hydrogen) atoms. The molecule has 0 aliphatic heterocycles. The summed E-state index contributed by atoms with van der Waals surface area (Å²) in [6, 6.07) is 0. The Balaban J connectivity index is 0. The zero-order valence-electron chi connectivity index (χ0n) is 5.52. The van der Waals surface area contributed by atoms with Crippen LogP contribution in [0.3, 0.4) is 0 Å². The second kappa shape index (κ2) is 16.8. The van der Waals surface area contributed by atoms with Gasteiger partial charge in [-0.1, -0.05) is 13.8 Å². The van der Waals surface area contributed by atoms with Crippen LogP contribution >= 0.6 is 0 Å². The van der Waals surface area contributed by atoms with E-state index >= 15 is 0 Å². The quantitative estimate of drug-likeness (QED) is 0.493. The first-order valence-corrected chi connectivity index (χ1v) is 2.39. The first kappa shape index (κ1) is 10.0.